The number of nitrogens with two attached hydrogens (primary N) is 1. The van der Waals surface area contributed by atoms with Crippen molar-refractivity contribution in [3.05, 3.63) is 47.6 Å². The number of carbonyl (C=O) groups excluding carboxylic acids is 2. The highest BCUT2D eigenvalue weighted by molar-refractivity contribution is 7.99. The van der Waals surface area contributed by atoms with Crippen LogP contribution in [0.25, 0.3) is 22.1 Å². The Kier molecular flexibility index (Phi) is 6.17. The van der Waals surface area contributed by atoms with Crippen molar-refractivity contribution in [2.75, 3.05) is 18.1 Å². The second-order valence-corrected chi connectivity index (χ2v) is 7.60. The highest BCUT2D eigenvalue weighted by atomic mass is 32.2. The highest BCUT2D eigenvalue weighted by Gasteiger charge is 2.24. The van der Waals surface area contributed by atoms with Crippen LogP contribution < -0.4 is 5.73 Å². The molecule has 4 rings (SSSR count). The molecule has 0 radical (unpaired) electrons. The standard InChI is InChI=1S/C21H19N5O5S/c1-3-29-21(28)17-11(2)31-20-18(17)19(22)25-14(26-20)9-30-16(27)10-32-15-8-23-12-6-4-5-7-13(12)24-15/h4-8H,3,9-10H2,1-2H3,(H2,22,25,26). The molecule has 3 heterocycles. The number of thioether (sulfide) groups is 1. The molecule has 0 saturated carbocycles. The van der Waals surface area contributed by atoms with Gasteiger partial charge in [-0.05, 0) is 26.0 Å². The first-order valence-electron chi connectivity index (χ1n) is 9.69. The van der Waals surface area contributed by atoms with Gasteiger partial charge in [0.05, 0.1) is 35.0 Å². The third kappa shape index (κ3) is 4.47. The summed E-state index contributed by atoms with van der Waals surface area (Å²) < 4.78 is 15.8. The lowest BCUT2D eigenvalue weighted by Gasteiger charge is -2.06. The average molecular weight is 453 g/mol. The number of ether oxygens (including phenoxy) is 2. The van der Waals surface area contributed by atoms with Gasteiger partial charge in [0.2, 0.25) is 5.71 Å². The molecule has 0 atom stereocenters. The van der Waals surface area contributed by atoms with E-state index in [1.54, 1.807) is 20.0 Å². The number of rotatable bonds is 7. The first kappa shape index (κ1) is 21.5. The fourth-order valence-electron chi connectivity index (χ4n) is 3.03. The predicted molar refractivity (Wildman–Crippen MR) is 117 cm³/mol. The van der Waals surface area contributed by atoms with Crippen molar-refractivity contribution in [2.45, 2.75) is 25.5 Å². The Morgan fingerprint density at radius 2 is 1.91 bits per heavy atom. The van der Waals surface area contributed by atoms with E-state index in [1.807, 2.05) is 24.3 Å². The van der Waals surface area contributed by atoms with Gasteiger partial charge < -0.3 is 19.6 Å². The van der Waals surface area contributed by atoms with Crippen LogP contribution in [0.2, 0.25) is 0 Å². The number of carbonyl (C=O) groups is 2. The van der Waals surface area contributed by atoms with Gasteiger partial charge in [-0.1, -0.05) is 23.9 Å². The molecule has 1 aromatic carbocycles. The second-order valence-electron chi connectivity index (χ2n) is 6.61. The lowest BCUT2D eigenvalue weighted by Crippen LogP contribution is -2.11. The summed E-state index contributed by atoms with van der Waals surface area (Å²) in [6.07, 6.45) is 1.61. The number of fused-ring (bicyclic) bond motifs is 2. The Labute approximate surface area is 186 Å². The zero-order valence-corrected chi connectivity index (χ0v) is 18.1. The molecule has 0 amide bonds. The van der Waals surface area contributed by atoms with Gasteiger partial charge in [-0.2, -0.15) is 4.98 Å². The zero-order valence-electron chi connectivity index (χ0n) is 17.3. The summed E-state index contributed by atoms with van der Waals surface area (Å²) in [5.41, 5.74) is 7.86. The van der Waals surface area contributed by atoms with Crippen LogP contribution in [0.1, 0.15) is 28.9 Å². The minimum absolute atomic E-state index is 0.0393. The van der Waals surface area contributed by atoms with E-state index in [2.05, 4.69) is 19.9 Å². The molecule has 2 N–H and O–H groups in total. The van der Waals surface area contributed by atoms with E-state index in [1.165, 1.54) is 11.8 Å². The molecule has 11 heteroatoms. The average Bonchev–Trinajstić information content (AvgIpc) is 3.12. The summed E-state index contributed by atoms with van der Waals surface area (Å²) in [5.74, 6) is -0.481. The molecule has 32 heavy (non-hydrogen) atoms. The molecule has 0 saturated heterocycles. The first-order valence-corrected chi connectivity index (χ1v) is 10.7. The van der Waals surface area contributed by atoms with Crippen molar-refractivity contribution in [1.29, 1.82) is 0 Å². The Hall–Kier alpha value is -3.73. The molecule has 0 spiro atoms. The number of hydrogen-bond donors (Lipinski definition) is 1. The molecule has 0 fully saturated rings. The summed E-state index contributed by atoms with van der Waals surface area (Å²) in [6.45, 7) is 3.33. The summed E-state index contributed by atoms with van der Waals surface area (Å²) in [4.78, 5) is 41.4. The number of furan rings is 1. The van der Waals surface area contributed by atoms with E-state index in [4.69, 9.17) is 19.6 Å². The van der Waals surface area contributed by atoms with Crippen LogP contribution in [0.3, 0.4) is 0 Å². The minimum atomic E-state index is -0.563. The number of nitrogens with zero attached hydrogens (tertiary/aromatic N) is 4. The van der Waals surface area contributed by atoms with E-state index in [-0.39, 0.29) is 47.3 Å². The maximum Gasteiger partial charge on any atom is 0.342 e. The van der Waals surface area contributed by atoms with Crippen LogP contribution in [0.15, 0.2) is 39.9 Å². The van der Waals surface area contributed by atoms with Gasteiger partial charge in [0.1, 0.15) is 22.2 Å². The van der Waals surface area contributed by atoms with Crippen molar-refractivity contribution in [2.24, 2.45) is 0 Å². The highest BCUT2D eigenvalue weighted by Crippen LogP contribution is 2.29. The van der Waals surface area contributed by atoms with Crippen LogP contribution in [-0.2, 0) is 20.9 Å². The largest absolute Gasteiger partial charge is 0.462 e. The van der Waals surface area contributed by atoms with Gasteiger partial charge in [-0.15, -0.1) is 0 Å². The van der Waals surface area contributed by atoms with Gasteiger partial charge in [0.25, 0.3) is 0 Å². The number of esters is 2. The number of para-hydroxylation sites is 2. The van der Waals surface area contributed by atoms with Gasteiger partial charge in [0.15, 0.2) is 12.4 Å². The smallest absolute Gasteiger partial charge is 0.342 e. The maximum atomic E-state index is 12.2. The van der Waals surface area contributed by atoms with E-state index in [0.717, 1.165) is 11.0 Å². The van der Waals surface area contributed by atoms with Crippen molar-refractivity contribution in [3.8, 4) is 0 Å². The summed E-state index contributed by atoms with van der Waals surface area (Å²) in [6, 6.07) is 7.48. The summed E-state index contributed by atoms with van der Waals surface area (Å²) in [5, 5.41) is 0.890. The Morgan fingerprint density at radius 3 is 2.69 bits per heavy atom. The molecule has 164 valence electrons. The third-order valence-corrected chi connectivity index (χ3v) is 5.28. The van der Waals surface area contributed by atoms with Crippen molar-refractivity contribution >= 4 is 51.7 Å². The van der Waals surface area contributed by atoms with Crippen molar-refractivity contribution in [1.82, 2.24) is 19.9 Å². The second kappa shape index (κ2) is 9.18. The van der Waals surface area contributed by atoms with E-state index in [9.17, 15) is 9.59 Å². The van der Waals surface area contributed by atoms with Crippen LogP contribution >= 0.6 is 11.8 Å². The van der Waals surface area contributed by atoms with E-state index in [0.29, 0.717) is 10.8 Å². The third-order valence-electron chi connectivity index (χ3n) is 4.41. The van der Waals surface area contributed by atoms with E-state index >= 15 is 0 Å². The first-order chi connectivity index (χ1) is 15.5. The van der Waals surface area contributed by atoms with Crippen molar-refractivity contribution < 1.29 is 23.5 Å². The van der Waals surface area contributed by atoms with Crippen molar-refractivity contribution in [3.63, 3.8) is 0 Å². The zero-order chi connectivity index (χ0) is 22.7. The molecule has 10 nitrogen and oxygen atoms in total. The number of hydrogen-bond acceptors (Lipinski definition) is 11. The molecule has 0 bridgehead atoms. The lowest BCUT2D eigenvalue weighted by atomic mass is 10.2. The molecular weight excluding hydrogens is 434 g/mol. The van der Waals surface area contributed by atoms with Crippen LogP contribution in [-0.4, -0.2) is 44.2 Å². The Morgan fingerprint density at radius 1 is 1.12 bits per heavy atom. The predicted octanol–water partition coefficient (Wildman–Crippen LogP) is 3.07. The van der Waals surface area contributed by atoms with Crippen LogP contribution in [0.4, 0.5) is 5.82 Å². The monoisotopic (exact) mass is 453 g/mol. The Bertz CT molecular complexity index is 1320. The lowest BCUT2D eigenvalue weighted by molar-refractivity contribution is -0.141. The molecule has 4 aromatic rings. The maximum absolute atomic E-state index is 12.2. The summed E-state index contributed by atoms with van der Waals surface area (Å²) >= 11 is 1.21. The fourth-order valence-corrected chi connectivity index (χ4v) is 3.67. The number of aromatic nitrogens is 4. The molecule has 0 unspecified atom stereocenters. The van der Waals surface area contributed by atoms with Gasteiger partial charge >= 0.3 is 11.9 Å². The Balaban J connectivity index is 1.41. The van der Waals surface area contributed by atoms with Crippen LogP contribution in [0, 0.1) is 6.92 Å². The fraction of sp³-hybridized carbons (Fsp3) is 0.238. The minimum Gasteiger partial charge on any atom is -0.462 e. The molecule has 0 aliphatic carbocycles. The van der Waals surface area contributed by atoms with Gasteiger partial charge in [0, 0.05) is 0 Å². The summed E-state index contributed by atoms with van der Waals surface area (Å²) in [7, 11) is 0. The number of aryl methyl sites for hydroxylation is 1. The number of benzene rings is 1. The van der Waals surface area contributed by atoms with E-state index < -0.39 is 11.9 Å². The SMILES string of the molecule is CCOC(=O)c1c(C)oc2nc(COC(=O)CSc3cnc4ccccc4n3)nc(N)c12. The normalized spacial score (nSPS) is 11.1. The molecular formula is C21H19N5O5S. The molecule has 0 aliphatic heterocycles. The number of anilines is 1. The molecule has 3 aromatic heterocycles. The topological polar surface area (TPSA) is 143 Å². The van der Waals surface area contributed by atoms with Gasteiger partial charge in [-0.25, -0.2) is 14.8 Å². The molecule has 0 aliphatic rings. The number of nitrogen functional groups attached to an aromatic ring is 1. The van der Waals surface area contributed by atoms with Crippen LogP contribution in [0.5, 0.6) is 0 Å². The van der Waals surface area contributed by atoms with Gasteiger partial charge in [-0.3, -0.25) is 9.78 Å². The quantitative estimate of drug-likeness (QED) is 0.325.